The summed E-state index contributed by atoms with van der Waals surface area (Å²) < 4.78 is 9.13. The number of carbonyl (C=O) groups is 3. The fourth-order valence-electron chi connectivity index (χ4n) is 1.56. The number of para-hydroxylation sites is 2. The van der Waals surface area contributed by atoms with Crippen LogP contribution in [0.3, 0.4) is 0 Å². The van der Waals surface area contributed by atoms with Crippen LogP contribution in [0.1, 0.15) is 13.8 Å². The van der Waals surface area contributed by atoms with Gasteiger partial charge in [-0.25, -0.2) is 9.59 Å². The van der Waals surface area contributed by atoms with E-state index in [2.05, 4.69) is 20.1 Å². The average Bonchev–Trinajstić information content (AvgIpc) is 2.54. The minimum Gasteiger partial charge on any atom is -0.466 e. The molecule has 1 rings (SSSR count). The summed E-state index contributed by atoms with van der Waals surface area (Å²) in [4.78, 5) is 35.0. The van der Waals surface area contributed by atoms with Crippen LogP contribution in [0.2, 0.25) is 0 Å². The first-order chi connectivity index (χ1) is 10.9. The smallest absolute Gasteiger partial charge is 0.354 e. The number of hydrogen-bond acceptors (Lipinski definition) is 6. The molecule has 0 heterocycles. The Bertz CT molecular complexity index is 623. The van der Waals surface area contributed by atoms with Crippen molar-refractivity contribution < 1.29 is 23.9 Å². The fourth-order valence-corrected chi connectivity index (χ4v) is 1.56. The Morgan fingerprint density at radius 3 is 2.04 bits per heavy atom. The zero-order chi connectivity index (χ0) is 17.4. The van der Waals surface area contributed by atoms with Crippen LogP contribution >= 0.6 is 0 Å². The highest BCUT2D eigenvalue weighted by molar-refractivity contribution is 6.01. The van der Waals surface area contributed by atoms with E-state index in [0.29, 0.717) is 11.4 Å². The Balaban J connectivity index is 3.09. The molecule has 124 valence electrons. The van der Waals surface area contributed by atoms with E-state index in [-0.39, 0.29) is 17.5 Å². The lowest BCUT2D eigenvalue weighted by Crippen LogP contribution is -2.20. The third kappa shape index (κ3) is 5.46. The standard InChI is InChI=1S/C16H20N2O5/c1-10(2)15(20)18-12-8-6-5-7-11(12)17-13(16(21)23-4)9-14(19)22-3/h5-10,17H,1-4H3,(H,18,20)/b13-9+. The molecule has 0 unspecified atom stereocenters. The third-order valence-corrected chi connectivity index (χ3v) is 2.85. The normalized spacial score (nSPS) is 10.9. The summed E-state index contributed by atoms with van der Waals surface area (Å²) in [7, 11) is 2.39. The maximum atomic E-state index is 11.8. The number of benzene rings is 1. The van der Waals surface area contributed by atoms with Gasteiger partial charge in [0.05, 0.1) is 31.7 Å². The third-order valence-electron chi connectivity index (χ3n) is 2.85. The minimum absolute atomic E-state index is 0.106. The first-order valence-corrected chi connectivity index (χ1v) is 6.94. The second kappa shape index (κ2) is 8.57. The highest BCUT2D eigenvalue weighted by Crippen LogP contribution is 2.23. The largest absolute Gasteiger partial charge is 0.466 e. The Morgan fingerprint density at radius 1 is 1.00 bits per heavy atom. The summed E-state index contributed by atoms with van der Waals surface area (Å²) in [6, 6.07) is 6.79. The number of amides is 1. The molecule has 0 aromatic heterocycles. The van der Waals surface area contributed by atoms with Crippen molar-refractivity contribution in [3.8, 4) is 0 Å². The van der Waals surface area contributed by atoms with Gasteiger partial charge in [-0.2, -0.15) is 0 Å². The monoisotopic (exact) mass is 320 g/mol. The molecule has 0 aliphatic carbocycles. The number of nitrogens with one attached hydrogen (secondary N) is 2. The van der Waals surface area contributed by atoms with Crippen molar-refractivity contribution in [2.24, 2.45) is 5.92 Å². The highest BCUT2D eigenvalue weighted by Gasteiger charge is 2.16. The van der Waals surface area contributed by atoms with Gasteiger partial charge in [0.15, 0.2) is 0 Å². The fraction of sp³-hybridized carbons (Fsp3) is 0.312. The molecule has 1 aromatic rings. The Labute approximate surface area is 134 Å². The molecule has 1 aromatic carbocycles. The number of rotatable bonds is 6. The molecule has 0 saturated heterocycles. The number of hydrogen-bond donors (Lipinski definition) is 2. The summed E-state index contributed by atoms with van der Waals surface area (Å²) in [5.41, 5.74) is 0.818. The van der Waals surface area contributed by atoms with Crippen molar-refractivity contribution in [1.82, 2.24) is 0 Å². The van der Waals surface area contributed by atoms with Gasteiger partial charge in [-0.3, -0.25) is 4.79 Å². The van der Waals surface area contributed by atoms with Gasteiger partial charge >= 0.3 is 11.9 Å². The van der Waals surface area contributed by atoms with Crippen LogP contribution < -0.4 is 10.6 Å². The van der Waals surface area contributed by atoms with Crippen LogP contribution in [-0.4, -0.2) is 32.1 Å². The van der Waals surface area contributed by atoms with Crippen molar-refractivity contribution in [2.75, 3.05) is 24.9 Å². The zero-order valence-corrected chi connectivity index (χ0v) is 13.5. The molecule has 2 N–H and O–H groups in total. The van der Waals surface area contributed by atoms with Gasteiger partial charge in [0.25, 0.3) is 0 Å². The summed E-state index contributed by atoms with van der Waals surface area (Å²) in [5, 5.41) is 5.52. The Hall–Kier alpha value is -2.83. The zero-order valence-electron chi connectivity index (χ0n) is 13.5. The predicted octanol–water partition coefficient (Wildman–Crippen LogP) is 1.92. The lowest BCUT2D eigenvalue weighted by atomic mass is 10.2. The molecule has 0 atom stereocenters. The van der Waals surface area contributed by atoms with Gasteiger partial charge in [0.1, 0.15) is 5.70 Å². The molecule has 0 spiro atoms. The van der Waals surface area contributed by atoms with E-state index >= 15 is 0 Å². The van der Waals surface area contributed by atoms with Crippen molar-refractivity contribution in [1.29, 1.82) is 0 Å². The molecule has 23 heavy (non-hydrogen) atoms. The predicted molar refractivity (Wildman–Crippen MR) is 85.6 cm³/mol. The molecule has 0 radical (unpaired) electrons. The van der Waals surface area contributed by atoms with E-state index in [1.807, 2.05) is 0 Å². The topological polar surface area (TPSA) is 93.7 Å². The van der Waals surface area contributed by atoms with Crippen LogP contribution in [0, 0.1) is 5.92 Å². The van der Waals surface area contributed by atoms with Crippen LogP contribution in [0.15, 0.2) is 36.0 Å². The number of ether oxygens (including phenoxy) is 2. The second-order valence-electron chi connectivity index (χ2n) is 4.89. The van der Waals surface area contributed by atoms with Crippen LogP contribution in [0.4, 0.5) is 11.4 Å². The Kier molecular flexibility index (Phi) is 6.79. The van der Waals surface area contributed by atoms with Gasteiger partial charge in [0.2, 0.25) is 5.91 Å². The van der Waals surface area contributed by atoms with Crippen LogP contribution in [0.5, 0.6) is 0 Å². The number of anilines is 2. The highest BCUT2D eigenvalue weighted by atomic mass is 16.5. The van der Waals surface area contributed by atoms with Crippen molar-refractivity contribution in [2.45, 2.75) is 13.8 Å². The lowest BCUT2D eigenvalue weighted by Gasteiger charge is -2.15. The molecule has 1 amide bonds. The van der Waals surface area contributed by atoms with E-state index in [4.69, 9.17) is 0 Å². The minimum atomic E-state index is -0.736. The number of carbonyl (C=O) groups excluding carboxylic acids is 3. The van der Waals surface area contributed by atoms with E-state index in [9.17, 15) is 14.4 Å². The van der Waals surface area contributed by atoms with E-state index in [0.717, 1.165) is 6.08 Å². The molecule has 0 aliphatic rings. The van der Waals surface area contributed by atoms with Gasteiger partial charge in [0, 0.05) is 5.92 Å². The van der Waals surface area contributed by atoms with Crippen molar-refractivity contribution >= 4 is 29.2 Å². The average molecular weight is 320 g/mol. The SMILES string of the molecule is COC(=O)/C=C(/Nc1ccccc1NC(=O)C(C)C)C(=O)OC. The first-order valence-electron chi connectivity index (χ1n) is 6.94. The molecule has 7 nitrogen and oxygen atoms in total. The number of methoxy groups -OCH3 is 2. The number of esters is 2. The van der Waals surface area contributed by atoms with Gasteiger partial charge < -0.3 is 20.1 Å². The summed E-state index contributed by atoms with van der Waals surface area (Å²) in [6.45, 7) is 3.53. The molecule has 0 aliphatic heterocycles. The van der Waals surface area contributed by atoms with Crippen molar-refractivity contribution in [3.63, 3.8) is 0 Å². The van der Waals surface area contributed by atoms with Gasteiger partial charge in [-0.15, -0.1) is 0 Å². The molecule has 0 fully saturated rings. The van der Waals surface area contributed by atoms with E-state index in [1.54, 1.807) is 38.1 Å². The first kappa shape index (κ1) is 18.2. The molecular weight excluding hydrogens is 300 g/mol. The van der Waals surface area contributed by atoms with E-state index < -0.39 is 11.9 Å². The molecular formula is C16H20N2O5. The lowest BCUT2D eigenvalue weighted by molar-refractivity contribution is -0.138. The van der Waals surface area contributed by atoms with Gasteiger partial charge in [-0.05, 0) is 12.1 Å². The van der Waals surface area contributed by atoms with Crippen molar-refractivity contribution in [3.05, 3.63) is 36.0 Å². The molecule has 0 saturated carbocycles. The van der Waals surface area contributed by atoms with E-state index in [1.165, 1.54) is 14.2 Å². The molecule has 7 heteroatoms. The summed E-state index contributed by atoms with van der Waals surface area (Å²) >= 11 is 0. The summed E-state index contributed by atoms with van der Waals surface area (Å²) in [5.74, 6) is -1.81. The Morgan fingerprint density at radius 2 is 1.57 bits per heavy atom. The maximum absolute atomic E-state index is 11.8. The molecule has 0 bridgehead atoms. The van der Waals surface area contributed by atoms with Gasteiger partial charge in [-0.1, -0.05) is 26.0 Å². The quantitative estimate of drug-likeness (QED) is 0.614. The summed E-state index contributed by atoms with van der Waals surface area (Å²) in [6.07, 6.45) is 0.979. The second-order valence-corrected chi connectivity index (χ2v) is 4.89. The van der Waals surface area contributed by atoms with Crippen LogP contribution in [-0.2, 0) is 23.9 Å². The maximum Gasteiger partial charge on any atom is 0.354 e. The van der Waals surface area contributed by atoms with Crippen LogP contribution in [0.25, 0.3) is 0 Å².